The Bertz CT molecular complexity index is 743. The molecule has 1 aromatic carbocycles. The molecule has 1 aromatic rings. The second kappa shape index (κ2) is 7.20. The zero-order valence-electron chi connectivity index (χ0n) is 14.5. The van der Waals surface area contributed by atoms with Crippen molar-refractivity contribution in [3.05, 3.63) is 29.8 Å². The van der Waals surface area contributed by atoms with E-state index in [-0.39, 0.29) is 17.0 Å². The van der Waals surface area contributed by atoms with Crippen molar-refractivity contribution in [1.82, 2.24) is 10.0 Å². The Hall–Kier alpha value is -2.11. The number of hydrogen-bond acceptors (Lipinski definition) is 5. The molecule has 2 N–H and O–H groups in total. The van der Waals surface area contributed by atoms with E-state index in [1.165, 1.54) is 12.1 Å². The number of hydrogen-bond donors (Lipinski definition) is 2. The Balaban J connectivity index is 2.79. The van der Waals surface area contributed by atoms with Gasteiger partial charge >= 0.3 is 6.09 Å². The summed E-state index contributed by atoms with van der Waals surface area (Å²) in [5, 5.41) is 11.6. The van der Waals surface area contributed by atoms with E-state index in [9.17, 15) is 13.2 Å². The summed E-state index contributed by atoms with van der Waals surface area (Å²) < 4.78 is 32.3. The maximum Gasteiger partial charge on any atom is 0.408 e. The topological polar surface area (TPSA) is 108 Å². The molecule has 0 aliphatic rings. The van der Waals surface area contributed by atoms with E-state index in [4.69, 9.17) is 10.00 Å². The van der Waals surface area contributed by atoms with Gasteiger partial charge in [-0.1, -0.05) is 12.1 Å². The number of carbonyl (C=O) groups excluding carboxylic acids is 1. The molecule has 132 valence electrons. The first-order valence-corrected chi connectivity index (χ1v) is 8.85. The molecule has 0 saturated heterocycles. The summed E-state index contributed by atoms with van der Waals surface area (Å²) in [4.78, 5) is 11.7. The number of benzene rings is 1. The fraction of sp³-hybridized carbons (Fsp3) is 0.500. The first-order valence-electron chi connectivity index (χ1n) is 7.36. The van der Waals surface area contributed by atoms with Gasteiger partial charge in [0.25, 0.3) is 0 Å². The maximum atomic E-state index is 12.4. The summed E-state index contributed by atoms with van der Waals surface area (Å²) in [5.41, 5.74) is -1.47. The van der Waals surface area contributed by atoms with Crippen LogP contribution in [0.1, 0.15) is 40.2 Å². The fourth-order valence-corrected chi connectivity index (χ4v) is 3.14. The van der Waals surface area contributed by atoms with Crippen LogP contribution in [-0.2, 0) is 14.8 Å². The lowest BCUT2D eigenvalue weighted by Crippen LogP contribution is -2.52. The number of ether oxygens (including phenoxy) is 1. The van der Waals surface area contributed by atoms with Gasteiger partial charge in [-0.2, -0.15) is 5.26 Å². The average Bonchev–Trinajstić information content (AvgIpc) is 2.42. The molecule has 1 rings (SSSR count). The van der Waals surface area contributed by atoms with Gasteiger partial charge in [-0.3, -0.25) is 0 Å². The van der Waals surface area contributed by atoms with Crippen molar-refractivity contribution in [2.45, 2.75) is 50.7 Å². The molecule has 8 heteroatoms. The smallest absolute Gasteiger partial charge is 0.408 e. The van der Waals surface area contributed by atoms with Crippen LogP contribution < -0.4 is 10.0 Å². The first-order chi connectivity index (χ1) is 10.9. The molecule has 24 heavy (non-hydrogen) atoms. The van der Waals surface area contributed by atoms with E-state index >= 15 is 0 Å². The largest absolute Gasteiger partial charge is 0.444 e. The van der Waals surface area contributed by atoms with Crippen LogP contribution in [0.25, 0.3) is 0 Å². The summed E-state index contributed by atoms with van der Waals surface area (Å²) in [6.45, 7) is 8.48. The summed E-state index contributed by atoms with van der Waals surface area (Å²) in [5.74, 6) is 0. The minimum absolute atomic E-state index is 0.0582. The van der Waals surface area contributed by atoms with Crippen LogP contribution in [0.15, 0.2) is 29.2 Å². The van der Waals surface area contributed by atoms with Crippen LogP contribution in [0, 0.1) is 11.3 Å². The maximum absolute atomic E-state index is 12.4. The molecule has 0 unspecified atom stereocenters. The van der Waals surface area contributed by atoms with Gasteiger partial charge in [0.1, 0.15) is 11.7 Å². The van der Waals surface area contributed by atoms with Gasteiger partial charge in [-0.25, -0.2) is 17.9 Å². The highest BCUT2D eigenvalue weighted by atomic mass is 32.2. The monoisotopic (exact) mass is 353 g/mol. The number of rotatable bonds is 5. The highest BCUT2D eigenvalue weighted by Crippen LogP contribution is 2.15. The Labute approximate surface area is 143 Å². The van der Waals surface area contributed by atoms with Crippen molar-refractivity contribution in [1.29, 1.82) is 5.26 Å². The third kappa shape index (κ3) is 6.18. The number of nitrogens with zero attached hydrogens (tertiary/aromatic N) is 1. The summed E-state index contributed by atoms with van der Waals surface area (Å²) >= 11 is 0. The number of alkyl carbamates (subject to hydrolysis) is 1. The van der Waals surface area contributed by atoms with Crippen molar-refractivity contribution in [2.24, 2.45) is 0 Å². The molecular weight excluding hydrogens is 330 g/mol. The zero-order chi connectivity index (χ0) is 18.6. The molecule has 0 fully saturated rings. The second-order valence-electron chi connectivity index (χ2n) is 6.94. The lowest BCUT2D eigenvalue weighted by Gasteiger charge is -2.28. The highest BCUT2D eigenvalue weighted by molar-refractivity contribution is 7.89. The van der Waals surface area contributed by atoms with E-state index in [0.29, 0.717) is 0 Å². The Morgan fingerprint density at radius 3 is 2.33 bits per heavy atom. The molecule has 0 atom stereocenters. The third-order valence-corrected chi connectivity index (χ3v) is 4.30. The number of carbonyl (C=O) groups is 1. The Morgan fingerprint density at radius 2 is 1.79 bits per heavy atom. The summed E-state index contributed by atoms with van der Waals surface area (Å²) in [6, 6.07) is 7.76. The van der Waals surface area contributed by atoms with E-state index in [0.717, 1.165) is 0 Å². The average molecular weight is 353 g/mol. The lowest BCUT2D eigenvalue weighted by molar-refractivity contribution is 0.0474. The SMILES string of the molecule is CC(C)(CNS(=O)(=O)c1ccccc1C#N)NC(=O)OC(C)(C)C. The fourth-order valence-electron chi connectivity index (χ4n) is 1.77. The Kier molecular flexibility index (Phi) is 5.98. The molecule has 0 aromatic heterocycles. The van der Waals surface area contributed by atoms with Crippen LogP contribution in [-0.4, -0.2) is 32.2 Å². The molecular formula is C16H23N3O4S. The summed E-state index contributed by atoms with van der Waals surface area (Å²) in [6.07, 6.45) is -0.635. The molecule has 0 heterocycles. The van der Waals surface area contributed by atoms with Crippen LogP contribution in [0.4, 0.5) is 4.79 Å². The predicted octanol–water partition coefficient (Wildman–Crippen LogP) is 2.14. The molecule has 0 aliphatic heterocycles. The van der Waals surface area contributed by atoms with E-state index in [2.05, 4.69) is 10.0 Å². The minimum atomic E-state index is -3.87. The standard InChI is InChI=1S/C16H23N3O4S/c1-15(2,3)23-14(20)19-16(4,5)11-18-24(21,22)13-9-7-6-8-12(13)10-17/h6-9,18H,11H2,1-5H3,(H,19,20). The van der Waals surface area contributed by atoms with Crippen molar-refractivity contribution >= 4 is 16.1 Å². The quantitative estimate of drug-likeness (QED) is 0.843. The van der Waals surface area contributed by atoms with Crippen molar-refractivity contribution in [3.63, 3.8) is 0 Å². The number of nitriles is 1. The molecule has 7 nitrogen and oxygen atoms in total. The first kappa shape index (κ1) is 19.9. The lowest BCUT2D eigenvalue weighted by atomic mass is 10.1. The van der Waals surface area contributed by atoms with Crippen LogP contribution >= 0.6 is 0 Å². The van der Waals surface area contributed by atoms with E-state index in [1.807, 2.05) is 6.07 Å². The molecule has 0 bridgehead atoms. The molecule has 0 aliphatic carbocycles. The van der Waals surface area contributed by atoms with Gasteiger partial charge in [0.2, 0.25) is 10.0 Å². The van der Waals surface area contributed by atoms with Gasteiger partial charge < -0.3 is 10.1 Å². The normalized spacial score (nSPS) is 12.3. The minimum Gasteiger partial charge on any atom is -0.444 e. The summed E-state index contributed by atoms with van der Waals surface area (Å²) in [7, 11) is -3.87. The van der Waals surface area contributed by atoms with Gasteiger partial charge in [0, 0.05) is 6.54 Å². The van der Waals surface area contributed by atoms with Gasteiger partial charge in [-0.15, -0.1) is 0 Å². The molecule has 0 saturated carbocycles. The number of amides is 1. The van der Waals surface area contributed by atoms with Crippen LogP contribution in [0.2, 0.25) is 0 Å². The molecule has 0 radical (unpaired) electrons. The van der Waals surface area contributed by atoms with Gasteiger partial charge in [0.05, 0.1) is 16.0 Å². The van der Waals surface area contributed by atoms with Gasteiger partial charge in [0.15, 0.2) is 0 Å². The number of sulfonamides is 1. The van der Waals surface area contributed by atoms with E-state index in [1.54, 1.807) is 46.8 Å². The van der Waals surface area contributed by atoms with Crippen LogP contribution in [0.5, 0.6) is 0 Å². The van der Waals surface area contributed by atoms with Crippen molar-refractivity contribution in [3.8, 4) is 6.07 Å². The number of nitrogens with one attached hydrogen (secondary N) is 2. The van der Waals surface area contributed by atoms with Gasteiger partial charge in [-0.05, 0) is 46.8 Å². The zero-order valence-corrected chi connectivity index (χ0v) is 15.3. The van der Waals surface area contributed by atoms with Crippen molar-refractivity contribution < 1.29 is 17.9 Å². The third-order valence-electron chi connectivity index (χ3n) is 2.84. The molecule has 0 spiro atoms. The highest BCUT2D eigenvalue weighted by Gasteiger charge is 2.27. The second-order valence-corrected chi connectivity index (χ2v) is 8.68. The Morgan fingerprint density at radius 1 is 1.21 bits per heavy atom. The predicted molar refractivity (Wildman–Crippen MR) is 89.8 cm³/mol. The van der Waals surface area contributed by atoms with E-state index < -0.39 is 27.3 Å². The van der Waals surface area contributed by atoms with Crippen LogP contribution in [0.3, 0.4) is 0 Å². The van der Waals surface area contributed by atoms with Crippen molar-refractivity contribution in [2.75, 3.05) is 6.54 Å². The molecule has 1 amide bonds.